The first-order valence-corrected chi connectivity index (χ1v) is 6.77. The molecule has 0 aliphatic heterocycles. The first-order valence-electron chi connectivity index (χ1n) is 6.77. The van der Waals surface area contributed by atoms with Gasteiger partial charge in [0.2, 0.25) is 11.8 Å². The van der Waals surface area contributed by atoms with E-state index in [9.17, 15) is 0 Å². The van der Waals surface area contributed by atoms with Crippen LogP contribution >= 0.6 is 0 Å². The van der Waals surface area contributed by atoms with E-state index in [0.29, 0.717) is 30.4 Å². The highest BCUT2D eigenvalue weighted by atomic mass is 16.5. The Morgan fingerprint density at radius 3 is 2.90 bits per heavy atom. The van der Waals surface area contributed by atoms with Crippen LogP contribution in [0.5, 0.6) is 5.88 Å². The minimum absolute atomic E-state index is 0.0796. The van der Waals surface area contributed by atoms with Crippen LogP contribution in [0.25, 0.3) is 0 Å². The van der Waals surface area contributed by atoms with Gasteiger partial charge in [0, 0.05) is 31.1 Å². The van der Waals surface area contributed by atoms with Crippen molar-refractivity contribution in [1.29, 1.82) is 0 Å². The zero-order chi connectivity index (χ0) is 14.4. The Hall–Kier alpha value is -1.95. The third kappa shape index (κ3) is 4.03. The molecule has 0 radical (unpaired) electrons. The van der Waals surface area contributed by atoms with Crippen LogP contribution in [0.15, 0.2) is 22.9 Å². The van der Waals surface area contributed by atoms with Crippen molar-refractivity contribution in [1.82, 2.24) is 15.1 Å². The van der Waals surface area contributed by atoms with Crippen molar-refractivity contribution in [3.63, 3.8) is 0 Å². The molecule has 6 nitrogen and oxygen atoms in total. The van der Waals surface area contributed by atoms with Crippen molar-refractivity contribution < 1.29 is 9.26 Å². The lowest BCUT2D eigenvalue weighted by Crippen LogP contribution is -2.22. The fraction of sp³-hybridized carbons (Fsp3) is 0.500. The molecule has 0 aliphatic carbocycles. The second-order valence-electron chi connectivity index (χ2n) is 4.74. The van der Waals surface area contributed by atoms with Gasteiger partial charge in [-0.1, -0.05) is 24.6 Å². The summed E-state index contributed by atoms with van der Waals surface area (Å²) in [5.41, 5.74) is 6.97. The maximum atomic E-state index is 5.96. The van der Waals surface area contributed by atoms with Crippen LogP contribution in [0.4, 0.5) is 0 Å². The predicted molar refractivity (Wildman–Crippen MR) is 74.5 cm³/mol. The number of hydrogen-bond acceptors (Lipinski definition) is 6. The van der Waals surface area contributed by atoms with Gasteiger partial charge in [-0.3, -0.25) is 0 Å². The number of nitrogens with two attached hydrogens (primary N) is 1. The number of rotatable bonds is 7. The van der Waals surface area contributed by atoms with E-state index < -0.39 is 0 Å². The van der Waals surface area contributed by atoms with Crippen molar-refractivity contribution in [2.75, 3.05) is 7.11 Å². The van der Waals surface area contributed by atoms with Gasteiger partial charge in [-0.2, -0.15) is 4.98 Å². The maximum Gasteiger partial charge on any atom is 0.228 e. The highest BCUT2D eigenvalue weighted by Crippen LogP contribution is 2.11. The molecule has 0 bridgehead atoms. The first-order chi connectivity index (χ1) is 9.71. The monoisotopic (exact) mass is 276 g/mol. The molecule has 0 aliphatic rings. The Bertz CT molecular complexity index is 524. The van der Waals surface area contributed by atoms with Crippen LogP contribution < -0.4 is 10.5 Å². The Kier molecular flexibility index (Phi) is 5.06. The van der Waals surface area contributed by atoms with E-state index in [1.54, 1.807) is 13.3 Å². The minimum Gasteiger partial charge on any atom is -0.481 e. The van der Waals surface area contributed by atoms with Gasteiger partial charge in [0.15, 0.2) is 5.82 Å². The molecule has 0 saturated heterocycles. The van der Waals surface area contributed by atoms with E-state index in [4.69, 9.17) is 15.0 Å². The maximum absolute atomic E-state index is 5.96. The molecule has 0 aromatic carbocycles. The Morgan fingerprint density at radius 2 is 2.25 bits per heavy atom. The van der Waals surface area contributed by atoms with Crippen LogP contribution in [-0.4, -0.2) is 28.3 Å². The molecule has 1 atom stereocenters. The number of aromatic nitrogens is 3. The molecular weight excluding hydrogens is 256 g/mol. The summed E-state index contributed by atoms with van der Waals surface area (Å²) in [5.74, 6) is 1.84. The predicted octanol–water partition coefficient (Wildman–Crippen LogP) is 1.73. The smallest absolute Gasteiger partial charge is 0.228 e. The molecule has 1 unspecified atom stereocenters. The van der Waals surface area contributed by atoms with Gasteiger partial charge in [0.25, 0.3) is 0 Å². The van der Waals surface area contributed by atoms with E-state index in [0.717, 1.165) is 18.4 Å². The molecule has 2 N–H and O–H groups in total. The van der Waals surface area contributed by atoms with Crippen LogP contribution in [0.3, 0.4) is 0 Å². The topological polar surface area (TPSA) is 87.1 Å². The second-order valence-corrected chi connectivity index (χ2v) is 4.74. The van der Waals surface area contributed by atoms with Gasteiger partial charge in [0.1, 0.15) is 0 Å². The summed E-state index contributed by atoms with van der Waals surface area (Å²) in [6.07, 6.45) is 4.97. The molecule has 2 rings (SSSR count). The average molecular weight is 276 g/mol. The van der Waals surface area contributed by atoms with Gasteiger partial charge in [-0.25, -0.2) is 4.98 Å². The Labute approximate surface area is 118 Å². The summed E-state index contributed by atoms with van der Waals surface area (Å²) in [5, 5.41) is 3.97. The Balaban J connectivity index is 1.94. The SMILES string of the molecule is CCCC(N)Cc1nc(Cc2ccc(OC)nc2)no1. The van der Waals surface area contributed by atoms with Crippen LogP contribution in [0, 0.1) is 0 Å². The lowest BCUT2D eigenvalue weighted by atomic mass is 10.1. The van der Waals surface area contributed by atoms with Gasteiger partial charge in [-0.05, 0) is 12.0 Å². The summed E-state index contributed by atoms with van der Waals surface area (Å²) in [4.78, 5) is 8.50. The van der Waals surface area contributed by atoms with Gasteiger partial charge in [-0.15, -0.1) is 0 Å². The largest absolute Gasteiger partial charge is 0.481 e. The highest BCUT2D eigenvalue weighted by molar-refractivity contribution is 5.20. The molecule has 6 heteroatoms. The zero-order valence-corrected chi connectivity index (χ0v) is 11.9. The van der Waals surface area contributed by atoms with E-state index in [1.165, 1.54) is 0 Å². The number of methoxy groups -OCH3 is 1. The zero-order valence-electron chi connectivity index (χ0n) is 11.9. The average Bonchev–Trinajstić information content (AvgIpc) is 2.87. The molecule has 0 amide bonds. The molecule has 20 heavy (non-hydrogen) atoms. The molecule has 0 fully saturated rings. The number of hydrogen-bond donors (Lipinski definition) is 1. The molecule has 0 saturated carbocycles. The van der Waals surface area contributed by atoms with E-state index in [2.05, 4.69) is 22.0 Å². The van der Waals surface area contributed by atoms with Gasteiger partial charge in [0.05, 0.1) is 7.11 Å². The fourth-order valence-electron chi connectivity index (χ4n) is 1.96. The highest BCUT2D eigenvalue weighted by Gasteiger charge is 2.11. The number of pyridine rings is 1. The number of nitrogens with zero attached hydrogens (tertiary/aromatic N) is 3. The van der Waals surface area contributed by atoms with Crippen LogP contribution in [-0.2, 0) is 12.8 Å². The van der Waals surface area contributed by atoms with Crippen molar-refractivity contribution in [3.8, 4) is 5.88 Å². The van der Waals surface area contributed by atoms with Crippen molar-refractivity contribution >= 4 is 0 Å². The molecule has 108 valence electrons. The van der Waals surface area contributed by atoms with Crippen molar-refractivity contribution in [2.45, 2.75) is 38.6 Å². The van der Waals surface area contributed by atoms with Crippen molar-refractivity contribution in [3.05, 3.63) is 35.6 Å². The lowest BCUT2D eigenvalue weighted by Gasteiger charge is -2.05. The lowest BCUT2D eigenvalue weighted by molar-refractivity contribution is 0.361. The molecule has 2 aromatic heterocycles. The van der Waals surface area contributed by atoms with Gasteiger partial charge < -0.3 is 15.0 Å². The first kappa shape index (κ1) is 14.5. The summed E-state index contributed by atoms with van der Waals surface area (Å²) in [7, 11) is 1.59. The fourth-order valence-corrected chi connectivity index (χ4v) is 1.96. The van der Waals surface area contributed by atoms with Gasteiger partial charge >= 0.3 is 0 Å². The summed E-state index contributed by atoms with van der Waals surface area (Å²) >= 11 is 0. The normalized spacial score (nSPS) is 12.3. The third-order valence-corrected chi connectivity index (χ3v) is 2.98. The van der Waals surface area contributed by atoms with Crippen LogP contribution in [0.1, 0.15) is 37.0 Å². The second kappa shape index (κ2) is 7.00. The number of ether oxygens (including phenoxy) is 1. The summed E-state index contributed by atoms with van der Waals surface area (Å²) < 4.78 is 10.2. The third-order valence-electron chi connectivity index (χ3n) is 2.98. The van der Waals surface area contributed by atoms with E-state index in [-0.39, 0.29) is 6.04 Å². The van der Waals surface area contributed by atoms with E-state index >= 15 is 0 Å². The standard InChI is InChI=1S/C14H20N4O2/c1-3-4-11(15)8-14-17-12(18-20-14)7-10-5-6-13(19-2)16-9-10/h5-6,9,11H,3-4,7-8,15H2,1-2H3. The quantitative estimate of drug-likeness (QED) is 0.828. The van der Waals surface area contributed by atoms with Crippen LogP contribution in [0.2, 0.25) is 0 Å². The van der Waals surface area contributed by atoms with E-state index in [1.807, 2.05) is 12.1 Å². The molecule has 2 heterocycles. The molecule has 0 spiro atoms. The summed E-state index contributed by atoms with van der Waals surface area (Å²) in [6, 6.07) is 3.83. The molecular formula is C14H20N4O2. The minimum atomic E-state index is 0.0796. The Morgan fingerprint density at radius 1 is 1.40 bits per heavy atom. The summed E-state index contributed by atoms with van der Waals surface area (Å²) in [6.45, 7) is 2.11. The molecule has 2 aromatic rings. The van der Waals surface area contributed by atoms with Crippen molar-refractivity contribution in [2.24, 2.45) is 5.73 Å².